The monoisotopic (exact) mass is 670 g/mol. The molecule has 3 aromatic heterocycles. The molecule has 4 nitrogen and oxygen atoms in total. The van der Waals surface area contributed by atoms with Gasteiger partial charge in [-0.1, -0.05) is 121 Å². The summed E-state index contributed by atoms with van der Waals surface area (Å²) < 4.78 is 5.06. The molecular formula is C48H38N4. The van der Waals surface area contributed by atoms with Crippen LogP contribution in [0.4, 0.5) is 0 Å². The first-order chi connectivity index (χ1) is 25.7. The van der Waals surface area contributed by atoms with Gasteiger partial charge in [0, 0.05) is 24.1 Å². The highest BCUT2D eigenvalue weighted by Crippen LogP contribution is 2.33. The van der Waals surface area contributed by atoms with Crippen molar-refractivity contribution in [2.24, 2.45) is 0 Å². The first-order valence-electron chi connectivity index (χ1n) is 18.0. The van der Waals surface area contributed by atoms with Crippen LogP contribution in [0.2, 0.25) is 0 Å². The first kappa shape index (κ1) is 31.5. The normalized spacial score (nSPS) is 12.0. The van der Waals surface area contributed by atoms with Crippen LogP contribution in [0.25, 0.3) is 46.4 Å². The summed E-state index contributed by atoms with van der Waals surface area (Å²) in [4.78, 5) is 9.92. The summed E-state index contributed by atoms with van der Waals surface area (Å²) in [6.07, 6.45) is 9.91. The van der Waals surface area contributed by atoms with Crippen LogP contribution in [-0.2, 0) is 25.9 Å². The lowest BCUT2D eigenvalue weighted by molar-refractivity contribution is 0.842. The van der Waals surface area contributed by atoms with E-state index in [0.29, 0.717) is 0 Å². The van der Waals surface area contributed by atoms with E-state index in [9.17, 15) is 0 Å². The maximum Gasteiger partial charge on any atom is 0.0894 e. The van der Waals surface area contributed by atoms with E-state index in [2.05, 4.69) is 191 Å². The van der Waals surface area contributed by atoms with Crippen molar-refractivity contribution in [3.8, 4) is 0 Å². The van der Waals surface area contributed by atoms with Gasteiger partial charge in [0.25, 0.3) is 0 Å². The second-order valence-electron chi connectivity index (χ2n) is 13.5. The van der Waals surface area contributed by atoms with E-state index < -0.39 is 0 Å². The van der Waals surface area contributed by atoms with Gasteiger partial charge in [0.15, 0.2) is 0 Å². The molecule has 0 atom stereocenters. The Balaban J connectivity index is 1.44. The Kier molecular flexibility index (Phi) is 8.47. The molecule has 0 fully saturated rings. The Labute approximate surface area is 304 Å². The highest BCUT2D eigenvalue weighted by atomic mass is 15.0. The largest absolute Gasteiger partial charge is 0.335 e. The highest BCUT2D eigenvalue weighted by molar-refractivity contribution is 5.90. The van der Waals surface area contributed by atoms with E-state index in [1.165, 1.54) is 44.4 Å². The molecule has 0 aliphatic carbocycles. The van der Waals surface area contributed by atoms with Crippen molar-refractivity contribution in [2.45, 2.75) is 25.9 Å². The van der Waals surface area contributed by atoms with Crippen LogP contribution in [0.5, 0.6) is 0 Å². The zero-order chi connectivity index (χ0) is 34.7. The van der Waals surface area contributed by atoms with E-state index in [1.807, 2.05) is 0 Å². The van der Waals surface area contributed by atoms with Crippen LogP contribution in [-0.4, -0.2) is 19.1 Å². The second-order valence-corrected chi connectivity index (χ2v) is 13.5. The molecule has 250 valence electrons. The molecule has 0 saturated carbocycles. The van der Waals surface area contributed by atoms with Crippen molar-refractivity contribution in [1.29, 1.82) is 0 Å². The van der Waals surface area contributed by atoms with E-state index in [-0.39, 0.29) is 0 Å². The SMILES string of the molecule is C1=Cc2nc1ccc1cc(Cc3ccccc3)c(c3c(Cc4ccccc4)cc(ccc4nc2C=C4)n3Cc2ccccc2)n1Cc1ccccc1. The number of rotatable bonds is 8. The van der Waals surface area contributed by atoms with Gasteiger partial charge >= 0.3 is 0 Å². The third-order valence-electron chi connectivity index (χ3n) is 9.92. The van der Waals surface area contributed by atoms with Crippen molar-refractivity contribution in [1.82, 2.24) is 19.1 Å². The molecule has 0 spiro atoms. The van der Waals surface area contributed by atoms with Crippen LogP contribution in [0.1, 0.15) is 56.2 Å². The van der Waals surface area contributed by atoms with Crippen LogP contribution < -0.4 is 0 Å². The van der Waals surface area contributed by atoms with Crippen LogP contribution in [0.3, 0.4) is 0 Å². The molecule has 4 heteroatoms. The molecule has 8 bridgehead atoms. The van der Waals surface area contributed by atoms with Crippen molar-refractivity contribution < 1.29 is 0 Å². The zero-order valence-corrected chi connectivity index (χ0v) is 28.9. The minimum atomic E-state index is 0.732. The van der Waals surface area contributed by atoms with Crippen LogP contribution in [0.15, 0.2) is 158 Å². The molecule has 4 aromatic carbocycles. The van der Waals surface area contributed by atoms with Crippen molar-refractivity contribution in [3.05, 3.63) is 214 Å². The smallest absolute Gasteiger partial charge is 0.0894 e. The van der Waals surface area contributed by atoms with E-state index in [0.717, 1.165) is 59.7 Å². The van der Waals surface area contributed by atoms with Crippen LogP contribution in [0, 0.1) is 0 Å². The minimum Gasteiger partial charge on any atom is -0.335 e. The third-order valence-corrected chi connectivity index (χ3v) is 9.92. The molecule has 2 aliphatic heterocycles. The Hall–Kier alpha value is -6.52. The maximum atomic E-state index is 4.96. The summed E-state index contributed by atoms with van der Waals surface area (Å²) in [5, 5.41) is 0. The summed E-state index contributed by atoms with van der Waals surface area (Å²) in [7, 11) is 0. The van der Waals surface area contributed by atoms with Crippen molar-refractivity contribution >= 4 is 46.4 Å². The third kappa shape index (κ3) is 6.55. The Morgan fingerprint density at radius 1 is 0.365 bits per heavy atom. The Morgan fingerprint density at radius 3 is 1.12 bits per heavy atom. The van der Waals surface area contributed by atoms with Gasteiger partial charge in [-0.25, -0.2) is 9.97 Å². The minimum absolute atomic E-state index is 0.732. The molecule has 5 heterocycles. The molecule has 0 N–H and O–H groups in total. The van der Waals surface area contributed by atoms with Gasteiger partial charge in [0.2, 0.25) is 0 Å². The molecular weight excluding hydrogens is 633 g/mol. The fourth-order valence-electron chi connectivity index (χ4n) is 7.43. The lowest BCUT2D eigenvalue weighted by Crippen LogP contribution is -2.05. The summed E-state index contributed by atoms with van der Waals surface area (Å²) >= 11 is 0. The van der Waals surface area contributed by atoms with Gasteiger partial charge in [-0.2, -0.15) is 0 Å². The predicted octanol–water partition coefficient (Wildman–Crippen LogP) is 10.9. The second kappa shape index (κ2) is 14.0. The summed E-state index contributed by atoms with van der Waals surface area (Å²) in [5.41, 5.74) is 16.0. The topological polar surface area (TPSA) is 35.6 Å². The Bertz CT molecular complexity index is 2410. The van der Waals surface area contributed by atoms with Gasteiger partial charge in [0.05, 0.1) is 33.8 Å². The predicted molar refractivity (Wildman–Crippen MR) is 216 cm³/mol. The maximum absolute atomic E-state index is 4.96. The number of nitrogens with zero attached hydrogens (tertiary/aromatic N) is 4. The van der Waals surface area contributed by atoms with Crippen LogP contribution >= 0.6 is 0 Å². The zero-order valence-electron chi connectivity index (χ0n) is 28.9. The number of hydrogen-bond donors (Lipinski definition) is 0. The lowest BCUT2D eigenvalue weighted by Gasteiger charge is -2.14. The molecule has 0 unspecified atom stereocenters. The molecule has 0 saturated heterocycles. The molecule has 9 rings (SSSR count). The van der Waals surface area contributed by atoms with E-state index in [4.69, 9.17) is 9.97 Å². The summed E-state index contributed by atoms with van der Waals surface area (Å²) in [6.45, 7) is 1.46. The fourth-order valence-corrected chi connectivity index (χ4v) is 7.43. The number of benzene rings is 4. The average molecular weight is 671 g/mol. The van der Waals surface area contributed by atoms with Gasteiger partial charge in [0.1, 0.15) is 0 Å². The summed E-state index contributed by atoms with van der Waals surface area (Å²) in [6, 6.07) is 56.9. The summed E-state index contributed by atoms with van der Waals surface area (Å²) in [5.74, 6) is 0. The lowest BCUT2D eigenvalue weighted by atomic mass is 10.0. The Morgan fingerprint density at radius 2 is 0.731 bits per heavy atom. The van der Waals surface area contributed by atoms with Gasteiger partial charge in [-0.15, -0.1) is 0 Å². The number of aromatic nitrogens is 4. The molecule has 2 aliphatic rings. The number of hydrogen-bond acceptors (Lipinski definition) is 2. The molecule has 7 aromatic rings. The molecule has 52 heavy (non-hydrogen) atoms. The first-order valence-corrected chi connectivity index (χ1v) is 18.0. The molecule has 0 radical (unpaired) electrons. The molecule has 0 amide bonds. The van der Waals surface area contributed by atoms with Gasteiger partial charge in [-0.05, 0) is 107 Å². The highest BCUT2D eigenvalue weighted by Gasteiger charge is 2.19. The fraction of sp³-hybridized carbons (Fsp3) is 0.0833. The van der Waals surface area contributed by atoms with Crippen molar-refractivity contribution in [3.63, 3.8) is 0 Å². The van der Waals surface area contributed by atoms with Crippen molar-refractivity contribution in [2.75, 3.05) is 0 Å². The van der Waals surface area contributed by atoms with E-state index >= 15 is 0 Å². The quantitative estimate of drug-likeness (QED) is 0.161. The average Bonchev–Trinajstić information content (AvgIpc) is 3.98. The standard InChI is InChI=1S/C48H38N4/c1-5-13-35(14-6-1)29-39-31-43-25-21-41-23-27-45(49-41)46-28-24-42(50-46)22-26-44-32-40(30-36-15-7-2-8-16-36)48(52(44)34-38-19-11-4-12-20-38)47(39)51(43)33-37-17-9-3-10-18-37/h1-28,31-32H,29-30,33-34H2. The van der Waals surface area contributed by atoms with E-state index in [1.54, 1.807) is 0 Å². The van der Waals surface area contributed by atoms with Gasteiger partial charge in [-0.3, -0.25) is 0 Å². The number of fused-ring (bicyclic) bond motifs is 10. The van der Waals surface area contributed by atoms with Gasteiger partial charge < -0.3 is 9.13 Å².